The fourth-order valence-corrected chi connectivity index (χ4v) is 2.83. The summed E-state index contributed by atoms with van der Waals surface area (Å²) in [5, 5.41) is 14.0. The highest BCUT2D eigenvalue weighted by molar-refractivity contribution is 5.45. The van der Waals surface area contributed by atoms with E-state index >= 15 is 0 Å². The minimum absolute atomic E-state index is 0.00263. The van der Waals surface area contributed by atoms with Crippen LogP contribution in [0.3, 0.4) is 0 Å². The van der Waals surface area contributed by atoms with Crippen LogP contribution in [0.4, 0.5) is 17.3 Å². The zero-order valence-electron chi connectivity index (χ0n) is 13.8. The first-order valence-corrected chi connectivity index (χ1v) is 8.01. The fraction of sp³-hybridized carbons (Fsp3) is 0.438. The molecule has 2 aromatic rings. The van der Waals surface area contributed by atoms with Crippen LogP contribution in [0.2, 0.25) is 0 Å². The van der Waals surface area contributed by atoms with Crippen LogP contribution in [0.5, 0.6) is 0 Å². The molecule has 0 aliphatic carbocycles. The topological polar surface area (TPSA) is 97.1 Å². The van der Waals surface area contributed by atoms with Crippen molar-refractivity contribution in [1.82, 2.24) is 15.0 Å². The molecule has 0 amide bonds. The van der Waals surface area contributed by atoms with Crippen molar-refractivity contribution in [2.75, 3.05) is 23.3 Å². The molecule has 1 N–H and O–H groups in total. The van der Waals surface area contributed by atoms with Gasteiger partial charge in [-0.1, -0.05) is 6.92 Å². The van der Waals surface area contributed by atoms with Gasteiger partial charge in [0, 0.05) is 37.0 Å². The number of anilines is 2. The molecule has 3 rings (SSSR count). The van der Waals surface area contributed by atoms with Gasteiger partial charge in [-0.2, -0.15) is 0 Å². The molecule has 1 unspecified atom stereocenters. The summed E-state index contributed by atoms with van der Waals surface area (Å²) in [7, 11) is 0. The van der Waals surface area contributed by atoms with Gasteiger partial charge in [0.1, 0.15) is 23.7 Å². The van der Waals surface area contributed by atoms with Crippen molar-refractivity contribution in [2.45, 2.75) is 32.7 Å². The van der Waals surface area contributed by atoms with E-state index in [1.54, 1.807) is 6.07 Å². The van der Waals surface area contributed by atoms with Gasteiger partial charge in [-0.3, -0.25) is 10.1 Å². The molecule has 1 atom stereocenters. The molecule has 0 spiro atoms. The van der Waals surface area contributed by atoms with E-state index in [0.29, 0.717) is 5.82 Å². The Morgan fingerprint density at radius 3 is 2.92 bits per heavy atom. The third-order valence-electron chi connectivity index (χ3n) is 4.06. The number of nitrogens with zero attached hydrogens (tertiary/aromatic N) is 5. The summed E-state index contributed by atoms with van der Waals surface area (Å²) in [4.78, 5) is 25.5. The average Bonchev–Trinajstić information content (AvgIpc) is 3.03. The Kier molecular flexibility index (Phi) is 4.54. The molecule has 3 heterocycles. The van der Waals surface area contributed by atoms with Gasteiger partial charge in [-0.15, -0.1) is 0 Å². The van der Waals surface area contributed by atoms with E-state index in [4.69, 9.17) is 0 Å². The maximum atomic E-state index is 10.7. The van der Waals surface area contributed by atoms with Crippen LogP contribution in [0.25, 0.3) is 0 Å². The molecule has 2 aromatic heterocycles. The lowest BCUT2D eigenvalue weighted by atomic mass is 10.2. The molecule has 24 heavy (non-hydrogen) atoms. The van der Waals surface area contributed by atoms with Crippen molar-refractivity contribution >= 4 is 17.3 Å². The van der Waals surface area contributed by atoms with E-state index in [2.05, 4.69) is 32.1 Å². The standard InChI is InChI=1S/C16H20N6O2/c1-3-12-8-16(19-11(2)18-12)21-7-6-13(10-21)20-15-5-4-14(9-17-15)22(23)24/h4-5,8-9,13H,3,6-7,10H2,1-2H3,(H,17,20). The lowest BCUT2D eigenvalue weighted by Gasteiger charge is -2.19. The first-order chi connectivity index (χ1) is 11.5. The van der Waals surface area contributed by atoms with Crippen molar-refractivity contribution in [2.24, 2.45) is 0 Å². The highest BCUT2D eigenvalue weighted by atomic mass is 16.6. The average molecular weight is 328 g/mol. The van der Waals surface area contributed by atoms with Gasteiger partial charge >= 0.3 is 0 Å². The Bertz CT molecular complexity index is 734. The van der Waals surface area contributed by atoms with E-state index in [-0.39, 0.29) is 11.7 Å². The molecule has 8 nitrogen and oxygen atoms in total. The number of nitro groups is 1. The van der Waals surface area contributed by atoms with Gasteiger partial charge in [0.15, 0.2) is 0 Å². The molecule has 0 aromatic carbocycles. The lowest BCUT2D eigenvalue weighted by Crippen LogP contribution is -2.27. The molecule has 0 saturated carbocycles. The van der Waals surface area contributed by atoms with Gasteiger partial charge in [0.05, 0.1) is 4.92 Å². The quantitative estimate of drug-likeness (QED) is 0.664. The summed E-state index contributed by atoms with van der Waals surface area (Å²) >= 11 is 0. The molecule has 0 bridgehead atoms. The Hall–Kier alpha value is -2.77. The first kappa shape index (κ1) is 16.1. The summed E-state index contributed by atoms with van der Waals surface area (Å²) in [6.07, 6.45) is 3.12. The van der Waals surface area contributed by atoms with Crippen LogP contribution < -0.4 is 10.2 Å². The van der Waals surface area contributed by atoms with Gasteiger partial charge < -0.3 is 10.2 Å². The van der Waals surface area contributed by atoms with Crippen LogP contribution in [-0.2, 0) is 6.42 Å². The Balaban J connectivity index is 1.65. The van der Waals surface area contributed by atoms with Crippen LogP contribution in [0.15, 0.2) is 24.4 Å². The van der Waals surface area contributed by atoms with E-state index in [1.165, 1.54) is 12.3 Å². The molecule has 1 saturated heterocycles. The number of rotatable bonds is 5. The molecule has 126 valence electrons. The summed E-state index contributed by atoms with van der Waals surface area (Å²) in [6.45, 7) is 5.72. The normalized spacial score (nSPS) is 17.1. The lowest BCUT2D eigenvalue weighted by molar-refractivity contribution is -0.385. The van der Waals surface area contributed by atoms with Crippen molar-refractivity contribution in [3.05, 3.63) is 46.0 Å². The highest BCUT2D eigenvalue weighted by Crippen LogP contribution is 2.22. The zero-order chi connectivity index (χ0) is 17.1. The van der Waals surface area contributed by atoms with Crippen molar-refractivity contribution in [1.29, 1.82) is 0 Å². The van der Waals surface area contributed by atoms with E-state index in [1.807, 2.05) is 13.0 Å². The van der Waals surface area contributed by atoms with Crippen LogP contribution >= 0.6 is 0 Å². The summed E-state index contributed by atoms with van der Waals surface area (Å²) in [5.41, 5.74) is 1.04. The van der Waals surface area contributed by atoms with Gasteiger partial charge in [-0.05, 0) is 25.8 Å². The second-order valence-electron chi connectivity index (χ2n) is 5.85. The van der Waals surface area contributed by atoms with Crippen molar-refractivity contribution in [3.8, 4) is 0 Å². The Morgan fingerprint density at radius 1 is 1.42 bits per heavy atom. The SMILES string of the molecule is CCc1cc(N2CCC(Nc3ccc([N+](=O)[O-])cn3)C2)nc(C)n1. The molecule has 1 aliphatic rings. The predicted molar refractivity (Wildman–Crippen MR) is 91.3 cm³/mol. The Morgan fingerprint density at radius 2 is 2.25 bits per heavy atom. The van der Waals surface area contributed by atoms with Crippen molar-refractivity contribution in [3.63, 3.8) is 0 Å². The van der Waals surface area contributed by atoms with E-state index < -0.39 is 4.92 Å². The minimum atomic E-state index is -0.448. The summed E-state index contributed by atoms with van der Waals surface area (Å²) < 4.78 is 0. The molecule has 1 aliphatic heterocycles. The van der Waals surface area contributed by atoms with E-state index in [9.17, 15) is 10.1 Å². The number of aryl methyl sites for hydroxylation is 2. The van der Waals surface area contributed by atoms with Crippen LogP contribution in [0, 0.1) is 17.0 Å². The number of aromatic nitrogens is 3. The number of nitrogens with one attached hydrogen (secondary N) is 1. The van der Waals surface area contributed by atoms with Crippen molar-refractivity contribution < 1.29 is 4.92 Å². The Labute approximate surface area is 140 Å². The minimum Gasteiger partial charge on any atom is -0.365 e. The van der Waals surface area contributed by atoms with Gasteiger partial charge in [0.25, 0.3) is 5.69 Å². The maximum absolute atomic E-state index is 10.7. The van der Waals surface area contributed by atoms with Gasteiger partial charge in [0.2, 0.25) is 0 Å². The number of hydrogen-bond acceptors (Lipinski definition) is 7. The summed E-state index contributed by atoms with van der Waals surface area (Å²) in [6, 6.07) is 5.38. The molecular formula is C16H20N6O2. The van der Waals surface area contributed by atoms with Crippen LogP contribution in [0.1, 0.15) is 24.9 Å². The second kappa shape index (κ2) is 6.77. The second-order valence-corrected chi connectivity index (χ2v) is 5.85. The molecular weight excluding hydrogens is 308 g/mol. The van der Waals surface area contributed by atoms with Gasteiger partial charge in [-0.25, -0.2) is 15.0 Å². The third kappa shape index (κ3) is 3.58. The predicted octanol–water partition coefficient (Wildman–Crippen LogP) is 2.34. The monoisotopic (exact) mass is 328 g/mol. The first-order valence-electron chi connectivity index (χ1n) is 8.01. The van der Waals surface area contributed by atoms with Crippen LogP contribution in [-0.4, -0.2) is 39.0 Å². The zero-order valence-corrected chi connectivity index (χ0v) is 13.8. The smallest absolute Gasteiger partial charge is 0.287 e. The highest BCUT2D eigenvalue weighted by Gasteiger charge is 2.24. The molecule has 8 heteroatoms. The summed E-state index contributed by atoms with van der Waals surface area (Å²) in [5.74, 6) is 2.40. The fourth-order valence-electron chi connectivity index (χ4n) is 2.83. The van der Waals surface area contributed by atoms with E-state index in [0.717, 1.165) is 43.3 Å². The largest absolute Gasteiger partial charge is 0.365 e. The maximum Gasteiger partial charge on any atom is 0.287 e. The number of hydrogen-bond donors (Lipinski definition) is 1. The molecule has 1 fully saturated rings. The third-order valence-corrected chi connectivity index (χ3v) is 4.06. The molecule has 0 radical (unpaired) electrons. The number of pyridine rings is 1.